The third kappa shape index (κ3) is 5.68. The molecular formula is C17H15F6N3O. The molecule has 0 aliphatic carbocycles. The zero-order chi connectivity index (χ0) is 20.4. The van der Waals surface area contributed by atoms with E-state index in [1.807, 2.05) is 4.90 Å². The van der Waals surface area contributed by atoms with Gasteiger partial charge in [-0.15, -0.1) is 0 Å². The SMILES string of the molecule is CN(C)Cc1ccnc(NC(=O)c2cc(C(F)(F)F)cc(C(F)(F)F)c2)c1. The van der Waals surface area contributed by atoms with Gasteiger partial charge in [0.05, 0.1) is 11.1 Å². The van der Waals surface area contributed by atoms with E-state index in [1.54, 1.807) is 20.2 Å². The standard InChI is InChI=1S/C17H15F6N3O/c1-26(2)9-10-3-4-24-14(5-10)25-15(27)11-6-12(16(18,19)20)8-13(7-11)17(21,22)23/h3-8H,9H2,1-2H3,(H,24,25,27). The topological polar surface area (TPSA) is 45.2 Å². The summed E-state index contributed by atoms with van der Waals surface area (Å²) in [5.74, 6) is -1.11. The highest BCUT2D eigenvalue weighted by molar-refractivity contribution is 6.04. The van der Waals surface area contributed by atoms with Gasteiger partial charge in [0, 0.05) is 18.3 Å². The van der Waals surface area contributed by atoms with Crippen molar-refractivity contribution in [3.05, 3.63) is 58.8 Å². The predicted molar refractivity (Wildman–Crippen MR) is 86.0 cm³/mol. The first-order chi connectivity index (χ1) is 12.4. The molecule has 1 heterocycles. The molecule has 10 heteroatoms. The van der Waals surface area contributed by atoms with Crippen LogP contribution in [-0.4, -0.2) is 29.9 Å². The molecule has 1 N–H and O–H groups in total. The molecule has 0 saturated carbocycles. The number of hydrogen-bond acceptors (Lipinski definition) is 3. The first-order valence-corrected chi connectivity index (χ1v) is 7.57. The molecule has 1 aromatic heterocycles. The molecule has 0 unspecified atom stereocenters. The van der Waals surface area contributed by atoms with E-state index < -0.39 is 35.0 Å². The van der Waals surface area contributed by atoms with E-state index in [1.165, 1.54) is 12.3 Å². The third-order valence-electron chi connectivity index (χ3n) is 3.41. The van der Waals surface area contributed by atoms with E-state index >= 15 is 0 Å². The van der Waals surface area contributed by atoms with Crippen molar-refractivity contribution in [1.82, 2.24) is 9.88 Å². The fourth-order valence-corrected chi connectivity index (χ4v) is 2.28. The Hall–Kier alpha value is -2.62. The Morgan fingerprint density at radius 3 is 2.04 bits per heavy atom. The van der Waals surface area contributed by atoms with E-state index in [4.69, 9.17) is 0 Å². The quantitative estimate of drug-likeness (QED) is 0.785. The number of hydrogen-bond donors (Lipinski definition) is 1. The molecule has 0 atom stereocenters. The monoisotopic (exact) mass is 391 g/mol. The van der Waals surface area contributed by atoms with Crippen molar-refractivity contribution in [3.63, 3.8) is 0 Å². The van der Waals surface area contributed by atoms with Crippen LogP contribution in [0.5, 0.6) is 0 Å². The molecule has 1 aromatic carbocycles. The number of amides is 1. The van der Waals surface area contributed by atoms with Gasteiger partial charge in [0.1, 0.15) is 5.82 Å². The summed E-state index contributed by atoms with van der Waals surface area (Å²) >= 11 is 0. The number of benzene rings is 1. The lowest BCUT2D eigenvalue weighted by Crippen LogP contribution is -2.18. The van der Waals surface area contributed by atoms with Gasteiger partial charge in [0.15, 0.2) is 0 Å². The van der Waals surface area contributed by atoms with Crippen molar-refractivity contribution in [2.75, 3.05) is 19.4 Å². The molecule has 0 fully saturated rings. The highest BCUT2D eigenvalue weighted by atomic mass is 19.4. The van der Waals surface area contributed by atoms with Gasteiger partial charge >= 0.3 is 12.4 Å². The molecule has 1 amide bonds. The molecule has 27 heavy (non-hydrogen) atoms. The smallest absolute Gasteiger partial charge is 0.307 e. The number of rotatable bonds is 4. The minimum atomic E-state index is -5.03. The molecule has 0 spiro atoms. The minimum absolute atomic E-state index is 0.0188. The van der Waals surface area contributed by atoms with Crippen LogP contribution in [0.2, 0.25) is 0 Å². The van der Waals surface area contributed by atoms with Crippen LogP contribution >= 0.6 is 0 Å². The summed E-state index contributed by atoms with van der Waals surface area (Å²) in [7, 11) is 3.61. The Morgan fingerprint density at radius 1 is 1.00 bits per heavy atom. The van der Waals surface area contributed by atoms with E-state index in [9.17, 15) is 31.1 Å². The molecule has 0 saturated heterocycles. The molecule has 0 radical (unpaired) electrons. The third-order valence-corrected chi connectivity index (χ3v) is 3.41. The van der Waals surface area contributed by atoms with Crippen LogP contribution in [0.1, 0.15) is 27.0 Å². The number of pyridine rings is 1. The number of anilines is 1. The van der Waals surface area contributed by atoms with E-state index in [-0.39, 0.29) is 11.9 Å². The summed E-state index contributed by atoms with van der Waals surface area (Å²) < 4.78 is 77.3. The number of halogens is 6. The number of nitrogens with one attached hydrogen (secondary N) is 1. The van der Waals surface area contributed by atoms with Crippen LogP contribution in [-0.2, 0) is 18.9 Å². The van der Waals surface area contributed by atoms with Crippen molar-refractivity contribution in [1.29, 1.82) is 0 Å². The average molecular weight is 391 g/mol. The Labute approximate surface area is 150 Å². The van der Waals surface area contributed by atoms with Crippen LogP contribution in [0.15, 0.2) is 36.5 Å². The number of alkyl halides is 6. The Kier molecular flexibility index (Phi) is 5.79. The molecular weight excluding hydrogens is 376 g/mol. The van der Waals surface area contributed by atoms with Gasteiger partial charge in [-0.1, -0.05) is 0 Å². The number of carbonyl (C=O) groups is 1. The predicted octanol–water partition coefficient (Wildman–Crippen LogP) is 4.43. The van der Waals surface area contributed by atoms with Gasteiger partial charge in [-0.3, -0.25) is 4.79 Å². The number of carbonyl (C=O) groups excluding carboxylic acids is 1. The number of nitrogens with zero attached hydrogens (tertiary/aromatic N) is 2. The summed E-state index contributed by atoms with van der Waals surface area (Å²) in [5, 5.41) is 2.23. The Morgan fingerprint density at radius 2 is 1.56 bits per heavy atom. The van der Waals surface area contributed by atoms with Crippen LogP contribution < -0.4 is 5.32 Å². The molecule has 146 valence electrons. The second-order valence-electron chi connectivity index (χ2n) is 6.04. The highest BCUT2D eigenvalue weighted by Crippen LogP contribution is 2.36. The Balaban J connectivity index is 2.35. The van der Waals surface area contributed by atoms with E-state index in [0.717, 1.165) is 5.56 Å². The summed E-state index contributed by atoms with van der Waals surface area (Å²) in [6.07, 6.45) is -8.68. The van der Waals surface area contributed by atoms with Gasteiger partial charge in [0.2, 0.25) is 0 Å². The molecule has 0 aliphatic heterocycles. The second kappa shape index (κ2) is 7.55. The van der Waals surface area contributed by atoms with Gasteiger partial charge in [-0.05, 0) is 50.0 Å². The van der Waals surface area contributed by atoms with Crippen molar-refractivity contribution >= 4 is 11.7 Å². The Bertz CT molecular complexity index is 798. The second-order valence-corrected chi connectivity index (χ2v) is 6.04. The van der Waals surface area contributed by atoms with Crippen LogP contribution in [0.25, 0.3) is 0 Å². The molecule has 2 aromatic rings. The summed E-state index contributed by atoms with van der Waals surface area (Å²) in [5.41, 5.74) is -3.13. The van der Waals surface area contributed by atoms with Crippen LogP contribution in [0.4, 0.5) is 32.2 Å². The highest BCUT2D eigenvalue weighted by Gasteiger charge is 2.37. The van der Waals surface area contributed by atoms with E-state index in [2.05, 4.69) is 10.3 Å². The lowest BCUT2D eigenvalue weighted by molar-refractivity contribution is -0.143. The van der Waals surface area contributed by atoms with Gasteiger partial charge in [-0.25, -0.2) is 4.98 Å². The fourth-order valence-electron chi connectivity index (χ4n) is 2.28. The molecule has 0 aliphatic rings. The number of aromatic nitrogens is 1. The summed E-state index contributed by atoms with van der Waals surface area (Å²) in [6, 6.07) is 3.85. The van der Waals surface area contributed by atoms with E-state index in [0.29, 0.717) is 18.7 Å². The summed E-state index contributed by atoms with van der Waals surface area (Å²) in [6.45, 7) is 0.507. The fraction of sp³-hybridized carbons (Fsp3) is 0.294. The summed E-state index contributed by atoms with van der Waals surface area (Å²) in [4.78, 5) is 17.9. The normalized spacial score (nSPS) is 12.3. The average Bonchev–Trinajstić information content (AvgIpc) is 2.52. The van der Waals surface area contributed by atoms with Gasteiger partial charge < -0.3 is 10.2 Å². The first kappa shape index (κ1) is 20.7. The largest absolute Gasteiger partial charge is 0.416 e. The lowest BCUT2D eigenvalue weighted by Gasteiger charge is -2.14. The van der Waals surface area contributed by atoms with Crippen molar-refractivity contribution < 1.29 is 31.1 Å². The zero-order valence-electron chi connectivity index (χ0n) is 14.2. The molecule has 0 bridgehead atoms. The maximum atomic E-state index is 12.9. The first-order valence-electron chi connectivity index (χ1n) is 7.57. The molecule has 4 nitrogen and oxygen atoms in total. The van der Waals surface area contributed by atoms with Crippen molar-refractivity contribution in [2.45, 2.75) is 18.9 Å². The van der Waals surface area contributed by atoms with Crippen molar-refractivity contribution in [3.8, 4) is 0 Å². The van der Waals surface area contributed by atoms with Crippen LogP contribution in [0.3, 0.4) is 0 Å². The molecule has 2 rings (SSSR count). The van der Waals surface area contributed by atoms with Gasteiger partial charge in [0.25, 0.3) is 5.91 Å². The zero-order valence-corrected chi connectivity index (χ0v) is 14.2. The maximum Gasteiger partial charge on any atom is 0.416 e. The van der Waals surface area contributed by atoms with Crippen molar-refractivity contribution in [2.24, 2.45) is 0 Å². The van der Waals surface area contributed by atoms with Gasteiger partial charge in [-0.2, -0.15) is 26.3 Å². The van der Waals surface area contributed by atoms with Crippen LogP contribution in [0, 0.1) is 0 Å². The maximum absolute atomic E-state index is 12.9. The minimum Gasteiger partial charge on any atom is -0.307 e. The lowest BCUT2D eigenvalue weighted by atomic mass is 10.0.